The van der Waals surface area contributed by atoms with Crippen molar-refractivity contribution < 1.29 is 9.59 Å². The fraction of sp³-hybridized carbons (Fsp3) is 0.208. The van der Waals surface area contributed by atoms with Gasteiger partial charge in [-0.25, -0.2) is 0 Å². The van der Waals surface area contributed by atoms with Gasteiger partial charge in [-0.1, -0.05) is 48.5 Å². The van der Waals surface area contributed by atoms with E-state index >= 15 is 0 Å². The van der Waals surface area contributed by atoms with E-state index in [4.69, 9.17) is 0 Å². The van der Waals surface area contributed by atoms with Crippen LogP contribution in [0.2, 0.25) is 0 Å². The van der Waals surface area contributed by atoms with E-state index in [9.17, 15) is 9.59 Å². The minimum absolute atomic E-state index is 0.0771. The second-order valence-corrected chi connectivity index (χ2v) is 7.18. The number of nitrogens with one attached hydrogen (secondary N) is 1. The largest absolute Gasteiger partial charge is 0.324 e. The average Bonchev–Trinajstić information content (AvgIpc) is 3.23. The van der Waals surface area contributed by atoms with Crippen LogP contribution < -0.4 is 5.32 Å². The Morgan fingerprint density at radius 2 is 1.72 bits per heavy atom. The van der Waals surface area contributed by atoms with Crippen molar-refractivity contribution in [3.63, 3.8) is 0 Å². The molecule has 5 heteroatoms. The molecule has 1 amide bonds. The minimum atomic E-state index is -0.225. The number of anilines is 1. The van der Waals surface area contributed by atoms with Crippen LogP contribution in [0.4, 0.5) is 5.69 Å². The van der Waals surface area contributed by atoms with Gasteiger partial charge in [-0.3, -0.25) is 19.5 Å². The van der Waals surface area contributed by atoms with Gasteiger partial charge in [0.15, 0.2) is 5.78 Å². The first-order chi connectivity index (χ1) is 14.2. The van der Waals surface area contributed by atoms with Gasteiger partial charge < -0.3 is 5.32 Å². The summed E-state index contributed by atoms with van der Waals surface area (Å²) >= 11 is 0. The number of benzene rings is 2. The normalized spacial score (nSPS) is 16.5. The summed E-state index contributed by atoms with van der Waals surface area (Å²) in [6.07, 6.45) is 3.54. The number of aromatic nitrogens is 1. The van der Waals surface area contributed by atoms with Crippen molar-refractivity contribution in [1.82, 2.24) is 9.88 Å². The molecule has 0 spiro atoms. The molecule has 29 heavy (non-hydrogen) atoms. The van der Waals surface area contributed by atoms with Crippen LogP contribution in [0.1, 0.15) is 34.5 Å². The summed E-state index contributed by atoms with van der Waals surface area (Å²) in [6, 6.07) is 21.9. The number of carbonyl (C=O) groups is 2. The number of pyridine rings is 1. The second kappa shape index (κ2) is 8.80. The van der Waals surface area contributed by atoms with E-state index in [1.807, 2.05) is 48.5 Å². The van der Waals surface area contributed by atoms with E-state index < -0.39 is 0 Å². The maximum absolute atomic E-state index is 13.0. The van der Waals surface area contributed by atoms with Crippen LogP contribution in [-0.2, 0) is 11.3 Å². The van der Waals surface area contributed by atoms with Gasteiger partial charge in [0, 0.05) is 23.9 Å². The van der Waals surface area contributed by atoms with Crippen LogP contribution in [0.25, 0.3) is 0 Å². The van der Waals surface area contributed by atoms with Crippen molar-refractivity contribution in [2.24, 2.45) is 0 Å². The van der Waals surface area contributed by atoms with Crippen molar-refractivity contribution in [2.75, 3.05) is 11.9 Å². The summed E-state index contributed by atoms with van der Waals surface area (Å²) in [5.41, 5.74) is 2.61. The van der Waals surface area contributed by atoms with E-state index in [0.29, 0.717) is 23.4 Å². The van der Waals surface area contributed by atoms with Crippen molar-refractivity contribution in [1.29, 1.82) is 0 Å². The molecule has 0 aliphatic carbocycles. The van der Waals surface area contributed by atoms with Gasteiger partial charge in [0.05, 0.1) is 17.4 Å². The van der Waals surface area contributed by atoms with E-state index in [1.54, 1.807) is 30.5 Å². The summed E-state index contributed by atoms with van der Waals surface area (Å²) in [5.74, 6) is -0.176. The standard InChI is InChI=1S/C24H23N3O2/c28-23(18-9-2-1-3-10-18)20-12-4-5-13-21(20)26-24(29)22-14-8-16-27(22)17-19-11-6-7-15-25-19/h1-7,9-13,15,22H,8,14,16-17H2,(H,26,29). The number of hydrogen-bond donors (Lipinski definition) is 1. The molecule has 5 nitrogen and oxygen atoms in total. The predicted molar refractivity (Wildman–Crippen MR) is 113 cm³/mol. The lowest BCUT2D eigenvalue weighted by molar-refractivity contribution is -0.120. The maximum atomic E-state index is 13.0. The monoisotopic (exact) mass is 385 g/mol. The molecule has 2 heterocycles. The van der Waals surface area contributed by atoms with Crippen LogP contribution >= 0.6 is 0 Å². The Morgan fingerprint density at radius 3 is 2.52 bits per heavy atom. The number of rotatable bonds is 6. The fourth-order valence-electron chi connectivity index (χ4n) is 3.76. The van der Waals surface area contributed by atoms with Gasteiger partial charge in [0.2, 0.25) is 5.91 Å². The molecule has 1 atom stereocenters. The second-order valence-electron chi connectivity index (χ2n) is 7.18. The Morgan fingerprint density at radius 1 is 0.966 bits per heavy atom. The zero-order chi connectivity index (χ0) is 20.1. The lowest BCUT2D eigenvalue weighted by Gasteiger charge is -2.23. The summed E-state index contributed by atoms with van der Waals surface area (Å²) in [7, 11) is 0. The van der Waals surface area contributed by atoms with Crippen LogP contribution in [0.5, 0.6) is 0 Å². The number of carbonyl (C=O) groups excluding carboxylic acids is 2. The van der Waals surface area contributed by atoms with E-state index in [0.717, 1.165) is 25.1 Å². The Kier molecular flexibility index (Phi) is 5.77. The molecule has 2 aromatic carbocycles. The first-order valence-electron chi connectivity index (χ1n) is 9.86. The number of likely N-dealkylation sites (tertiary alicyclic amines) is 1. The van der Waals surface area contributed by atoms with Crippen molar-refractivity contribution in [3.05, 3.63) is 95.8 Å². The van der Waals surface area contributed by atoms with Crippen LogP contribution in [-0.4, -0.2) is 34.2 Å². The molecular weight excluding hydrogens is 362 g/mol. The highest BCUT2D eigenvalue weighted by molar-refractivity contribution is 6.14. The third kappa shape index (κ3) is 4.41. The third-order valence-corrected chi connectivity index (χ3v) is 5.22. The number of amides is 1. The molecule has 146 valence electrons. The molecule has 1 aliphatic heterocycles. The molecule has 1 N–H and O–H groups in total. The smallest absolute Gasteiger partial charge is 0.241 e. The van der Waals surface area contributed by atoms with E-state index in [2.05, 4.69) is 15.2 Å². The Balaban J connectivity index is 1.50. The summed E-state index contributed by atoms with van der Waals surface area (Å²) in [6.45, 7) is 1.50. The first-order valence-corrected chi connectivity index (χ1v) is 9.86. The van der Waals surface area contributed by atoms with Gasteiger partial charge in [0.1, 0.15) is 0 Å². The van der Waals surface area contributed by atoms with E-state index in [1.165, 1.54) is 0 Å². The average molecular weight is 385 g/mol. The first kappa shape index (κ1) is 19.0. The molecule has 1 fully saturated rings. The van der Waals surface area contributed by atoms with Gasteiger partial charge in [-0.05, 0) is 43.7 Å². The molecule has 1 aliphatic rings. The van der Waals surface area contributed by atoms with Crippen molar-refractivity contribution in [2.45, 2.75) is 25.4 Å². The molecule has 0 radical (unpaired) electrons. The molecule has 1 saturated heterocycles. The third-order valence-electron chi connectivity index (χ3n) is 5.22. The van der Waals surface area contributed by atoms with E-state index in [-0.39, 0.29) is 17.7 Å². The Hall–Kier alpha value is -3.31. The SMILES string of the molecule is O=C(c1ccccc1)c1ccccc1NC(=O)C1CCCN1Cc1ccccn1. The zero-order valence-corrected chi connectivity index (χ0v) is 16.1. The molecule has 3 aromatic rings. The van der Waals surface area contributed by atoms with Crippen LogP contribution in [0.3, 0.4) is 0 Å². The number of nitrogens with zero attached hydrogens (tertiary/aromatic N) is 2. The lowest BCUT2D eigenvalue weighted by Crippen LogP contribution is -2.39. The van der Waals surface area contributed by atoms with Crippen LogP contribution in [0.15, 0.2) is 79.0 Å². The number of hydrogen-bond acceptors (Lipinski definition) is 4. The zero-order valence-electron chi connectivity index (χ0n) is 16.1. The van der Waals surface area contributed by atoms with Crippen molar-refractivity contribution in [3.8, 4) is 0 Å². The Bertz CT molecular complexity index is 989. The highest BCUT2D eigenvalue weighted by Gasteiger charge is 2.31. The summed E-state index contributed by atoms with van der Waals surface area (Å²) in [5, 5.41) is 3.00. The van der Waals surface area contributed by atoms with Crippen molar-refractivity contribution >= 4 is 17.4 Å². The molecule has 1 unspecified atom stereocenters. The fourth-order valence-corrected chi connectivity index (χ4v) is 3.76. The summed E-state index contributed by atoms with van der Waals surface area (Å²) in [4.78, 5) is 32.5. The number of para-hydroxylation sites is 1. The highest BCUT2D eigenvalue weighted by atomic mass is 16.2. The van der Waals surface area contributed by atoms with Gasteiger partial charge >= 0.3 is 0 Å². The minimum Gasteiger partial charge on any atom is -0.324 e. The molecule has 4 rings (SSSR count). The lowest BCUT2D eigenvalue weighted by atomic mass is 10.0. The highest BCUT2D eigenvalue weighted by Crippen LogP contribution is 2.24. The van der Waals surface area contributed by atoms with Gasteiger partial charge in [-0.15, -0.1) is 0 Å². The maximum Gasteiger partial charge on any atom is 0.241 e. The molecule has 0 bridgehead atoms. The Labute approximate surface area is 170 Å². The molecular formula is C24H23N3O2. The van der Waals surface area contributed by atoms with Crippen LogP contribution in [0, 0.1) is 0 Å². The topological polar surface area (TPSA) is 62.3 Å². The predicted octanol–water partition coefficient (Wildman–Crippen LogP) is 3.92. The number of ketones is 1. The molecule has 1 aromatic heterocycles. The quantitative estimate of drug-likeness (QED) is 0.654. The van der Waals surface area contributed by atoms with Gasteiger partial charge in [0.25, 0.3) is 0 Å². The van der Waals surface area contributed by atoms with Gasteiger partial charge in [-0.2, -0.15) is 0 Å². The summed E-state index contributed by atoms with van der Waals surface area (Å²) < 4.78 is 0. The molecule has 0 saturated carbocycles.